The number of rotatable bonds is 5. The predicted molar refractivity (Wildman–Crippen MR) is 128 cm³/mol. The molecule has 2 aliphatic heterocycles. The van der Waals surface area contributed by atoms with Gasteiger partial charge in [0, 0.05) is 15.7 Å². The quantitative estimate of drug-likeness (QED) is 0.393. The van der Waals surface area contributed by atoms with Crippen molar-refractivity contribution in [2.24, 2.45) is 5.92 Å². The van der Waals surface area contributed by atoms with Gasteiger partial charge in [-0.25, -0.2) is 4.90 Å². The monoisotopic (exact) mass is 500 g/mol. The van der Waals surface area contributed by atoms with Crippen LogP contribution >= 0.6 is 34.4 Å². The van der Waals surface area contributed by atoms with E-state index in [9.17, 15) is 19.2 Å². The third kappa shape index (κ3) is 3.66. The van der Waals surface area contributed by atoms with Gasteiger partial charge in [0.2, 0.25) is 11.8 Å². The highest BCUT2D eigenvalue weighted by atomic mass is 32.2. The lowest BCUT2D eigenvalue weighted by Crippen LogP contribution is -2.32. The number of hydrogen-bond acceptors (Lipinski definition) is 8. The van der Waals surface area contributed by atoms with Crippen molar-refractivity contribution in [3.05, 3.63) is 66.8 Å². The van der Waals surface area contributed by atoms with Crippen molar-refractivity contribution in [1.29, 1.82) is 0 Å². The molecule has 170 valence electrons. The highest BCUT2D eigenvalue weighted by Gasteiger charge is 2.57. The summed E-state index contributed by atoms with van der Waals surface area (Å²) in [4.78, 5) is 54.8. The fourth-order valence-corrected chi connectivity index (χ4v) is 8.04. The first-order chi connectivity index (χ1) is 15.9. The molecule has 0 bridgehead atoms. The van der Waals surface area contributed by atoms with Crippen LogP contribution in [-0.4, -0.2) is 34.2 Å². The molecular weight excluding hydrogens is 480 g/mol. The standard InChI is InChI=1S/C23H20N2O5S3/c1-3-30-15(26)11-24-22-19(33-23(24)29)16(14-5-4-10-31-14)17-18(32-22)21(28)25(20(17)27)13-8-6-12(2)7-9-13/h4-10,16-18H,3,11H2,1-2H3/t16-,17?,18?/m1/s1. The lowest BCUT2D eigenvalue weighted by atomic mass is 9.87. The van der Waals surface area contributed by atoms with Crippen molar-refractivity contribution >= 4 is 57.9 Å². The van der Waals surface area contributed by atoms with Gasteiger partial charge >= 0.3 is 10.8 Å². The Morgan fingerprint density at radius 2 is 1.85 bits per heavy atom. The summed E-state index contributed by atoms with van der Waals surface area (Å²) in [6.07, 6.45) is 0. The van der Waals surface area contributed by atoms with E-state index in [-0.39, 0.29) is 29.8 Å². The van der Waals surface area contributed by atoms with Crippen molar-refractivity contribution < 1.29 is 19.1 Å². The zero-order valence-electron chi connectivity index (χ0n) is 17.8. The van der Waals surface area contributed by atoms with Crippen LogP contribution in [0.25, 0.3) is 0 Å². The van der Waals surface area contributed by atoms with Gasteiger partial charge in [-0.05, 0) is 37.4 Å². The number of fused-ring (bicyclic) bond motifs is 2. The number of nitrogens with zero attached hydrogens (tertiary/aromatic N) is 2. The molecular formula is C23H20N2O5S3. The Balaban J connectivity index is 1.61. The second-order valence-electron chi connectivity index (χ2n) is 7.83. The maximum atomic E-state index is 13.6. The fraction of sp³-hybridized carbons (Fsp3) is 0.304. The maximum absolute atomic E-state index is 13.6. The predicted octanol–water partition coefficient (Wildman–Crippen LogP) is 3.64. The van der Waals surface area contributed by atoms with Gasteiger partial charge in [0.05, 0.1) is 23.2 Å². The Labute approximate surface area is 202 Å². The molecule has 3 aromatic rings. The SMILES string of the molecule is CCOC(=O)Cn1c2c(sc1=O)[C@H](c1cccs1)C1C(=O)N(c3ccc(C)cc3)C(=O)C1S2. The van der Waals surface area contributed by atoms with Crippen LogP contribution in [-0.2, 0) is 25.7 Å². The van der Waals surface area contributed by atoms with Gasteiger partial charge in [0.1, 0.15) is 11.8 Å². The molecule has 5 rings (SSSR count). The number of thiazole rings is 1. The van der Waals surface area contributed by atoms with E-state index >= 15 is 0 Å². The number of imide groups is 1. The average molecular weight is 501 g/mol. The fourth-order valence-electron chi connectivity index (χ4n) is 4.31. The van der Waals surface area contributed by atoms with E-state index in [0.717, 1.165) is 26.7 Å². The molecule has 1 fully saturated rings. The van der Waals surface area contributed by atoms with Gasteiger partial charge in [-0.2, -0.15) is 0 Å². The maximum Gasteiger partial charge on any atom is 0.326 e. The Bertz CT molecular complexity index is 1290. The van der Waals surface area contributed by atoms with Crippen molar-refractivity contribution in [1.82, 2.24) is 4.57 Å². The zero-order chi connectivity index (χ0) is 23.3. The number of thiophene rings is 1. The van der Waals surface area contributed by atoms with Gasteiger partial charge in [0.15, 0.2) is 0 Å². The molecule has 0 radical (unpaired) electrons. The molecule has 2 amide bonds. The molecule has 2 aromatic heterocycles. The first-order valence-electron chi connectivity index (χ1n) is 10.4. The first-order valence-corrected chi connectivity index (χ1v) is 13.0. The summed E-state index contributed by atoms with van der Waals surface area (Å²) in [6, 6.07) is 11.1. The van der Waals surface area contributed by atoms with Crippen molar-refractivity contribution in [3.8, 4) is 0 Å². The van der Waals surface area contributed by atoms with Gasteiger partial charge in [-0.3, -0.25) is 23.7 Å². The number of ether oxygens (including phenoxy) is 1. The summed E-state index contributed by atoms with van der Waals surface area (Å²) in [5.74, 6) is -2.11. The number of esters is 1. The molecule has 33 heavy (non-hydrogen) atoms. The van der Waals surface area contributed by atoms with Crippen LogP contribution in [0.5, 0.6) is 0 Å². The number of aryl methyl sites for hydroxylation is 1. The Morgan fingerprint density at radius 1 is 1.09 bits per heavy atom. The highest BCUT2D eigenvalue weighted by molar-refractivity contribution is 8.00. The van der Waals surface area contributed by atoms with Crippen molar-refractivity contribution in [3.63, 3.8) is 0 Å². The number of benzene rings is 1. The minimum atomic E-state index is -0.680. The highest BCUT2D eigenvalue weighted by Crippen LogP contribution is 2.54. The van der Waals surface area contributed by atoms with Crippen molar-refractivity contribution in [2.45, 2.75) is 36.6 Å². The van der Waals surface area contributed by atoms with E-state index in [4.69, 9.17) is 4.74 Å². The molecule has 4 heterocycles. The van der Waals surface area contributed by atoms with Gasteiger partial charge in [-0.1, -0.05) is 46.9 Å². The van der Waals surface area contributed by atoms with E-state index in [2.05, 4.69) is 0 Å². The number of anilines is 1. The number of amides is 2. The minimum absolute atomic E-state index is 0.216. The summed E-state index contributed by atoms with van der Waals surface area (Å²) < 4.78 is 6.42. The molecule has 7 nitrogen and oxygen atoms in total. The second kappa shape index (κ2) is 8.58. The molecule has 3 atom stereocenters. The molecule has 0 N–H and O–H groups in total. The number of thioether (sulfide) groups is 1. The van der Waals surface area contributed by atoms with Gasteiger partial charge in [-0.15, -0.1) is 11.3 Å². The van der Waals surface area contributed by atoms with E-state index in [0.29, 0.717) is 10.7 Å². The molecule has 0 aliphatic carbocycles. The van der Waals surface area contributed by atoms with Crippen LogP contribution in [0.15, 0.2) is 51.6 Å². The van der Waals surface area contributed by atoms with E-state index in [1.54, 1.807) is 19.1 Å². The van der Waals surface area contributed by atoms with Crippen LogP contribution in [0, 0.1) is 12.8 Å². The van der Waals surface area contributed by atoms with Gasteiger partial charge in [0.25, 0.3) is 0 Å². The second-order valence-corrected chi connectivity index (χ2v) is 10.9. The molecule has 0 saturated carbocycles. The molecule has 1 saturated heterocycles. The van der Waals surface area contributed by atoms with Crippen LogP contribution in [0.3, 0.4) is 0 Å². The topological polar surface area (TPSA) is 85.7 Å². The molecule has 10 heteroatoms. The third-order valence-electron chi connectivity index (χ3n) is 5.78. The minimum Gasteiger partial charge on any atom is -0.465 e. The summed E-state index contributed by atoms with van der Waals surface area (Å²) in [5, 5.41) is 1.81. The van der Waals surface area contributed by atoms with Crippen molar-refractivity contribution in [2.75, 3.05) is 11.5 Å². The van der Waals surface area contributed by atoms with Gasteiger partial charge < -0.3 is 4.74 Å². The number of carbonyl (C=O) groups excluding carboxylic acids is 3. The average Bonchev–Trinajstić information content (AvgIpc) is 3.48. The molecule has 2 unspecified atom stereocenters. The number of carbonyl (C=O) groups is 3. The summed E-state index contributed by atoms with van der Waals surface area (Å²) >= 11 is 3.74. The Morgan fingerprint density at radius 3 is 2.52 bits per heavy atom. The van der Waals surface area contributed by atoms with E-state index < -0.39 is 23.1 Å². The van der Waals surface area contributed by atoms with Crippen LogP contribution in [0.2, 0.25) is 0 Å². The Hall–Kier alpha value is -2.69. The smallest absolute Gasteiger partial charge is 0.326 e. The summed E-state index contributed by atoms with van der Waals surface area (Å²) in [5.41, 5.74) is 1.58. The van der Waals surface area contributed by atoms with Crippen LogP contribution < -0.4 is 9.77 Å². The lowest BCUT2D eigenvalue weighted by molar-refractivity contribution is -0.144. The normalized spacial score (nSPS) is 21.8. The summed E-state index contributed by atoms with van der Waals surface area (Å²) in [6.45, 7) is 3.65. The number of aromatic nitrogens is 1. The number of hydrogen-bond donors (Lipinski definition) is 0. The largest absolute Gasteiger partial charge is 0.465 e. The summed E-state index contributed by atoms with van der Waals surface area (Å²) in [7, 11) is 0. The van der Waals surface area contributed by atoms with E-state index in [1.165, 1.54) is 32.6 Å². The molecule has 0 spiro atoms. The van der Waals surface area contributed by atoms with Crippen LogP contribution in [0.4, 0.5) is 5.69 Å². The van der Waals surface area contributed by atoms with Crippen LogP contribution in [0.1, 0.15) is 28.2 Å². The third-order valence-corrected chi connectivity index (χ3v) is 9.34. The van der Waals surface area contributed by atoms with E-state index in [1.807, 2.05) is 36.6 Å². The lowest BCUT2D eigenvalue weighted by Gasteiger charge is -2.29. The molecule has 2 aliphatic rings. The molecule has 1 aromatic carbocycles. The Kier molecular flexibility index (Phi) is 5.75. The zero-order valence-corrected chi connectivity index (χ0v) is 20.3. The first kappa shape index (κ1) is 22.1.